The van der Waals surface area contributed by atoms with E-state index in [1.54, 1.807) is 54.6 Å². The van der Waals surface area contributed by atoms with Gasteiger partial charge in [-0.1, -0.05) is 30.3 Å². The zero-order valence-corrected chi connectivity index (χ0v) is 11.1. The molecule has 5 nitrogen and oxygen atoms in total. The molecule has 0 atom stereocenters. The minimum atomic E-state index is -0.573. The monoisotopic (exact) mass is 280 g/mol. The zero-order valence-electron chi connectivity index (χ0n) is 11.1. The van der Waals surface area contributed by atoms with E-state index >= 15 is 0 Å². The summed E-state index contributed by atoms with van der Waals surface area (Å²) >= 11 is 0. The Morgan fingerprint density at radius 2 is 1.71 bits per heavy atom. The van der Waals surface area contributed by atoms with E-state index < -0.39 is 11.8 Å². The molecule has 21 heavy (non-hydrogen) atoms. The van der Waals surface area contributed by atoms with E-state index in [-0.39, 0.29) is 6.61 Å². The van der Waals surface area contributed by atoms with E-state index in [0.717, 1.165) is 0 Å². The minimum absolute atomic E-state index is 0.308. The molecule has 0 saturated carbocycles. The van der Waals surface area contributed by atoms with Gasteiger partial charge in [0.2, 0.25) is 0 Å². The molecule has 0 unspecified atom stereocenters. The summed E-state index contributed by atoms with van der Waals surface area (Å²) in [5.41, 5.74) is 0.725. The Labute approximate surface area is 121 Å². The summed E-state index contributed by atoms with van der Waals surface area (Å²) in [6, 6.07) is 16.9. The molecule has 0 aliphatic rings. The Hall–Kier alpha value is -3.13. The van der Waals surface area contributed by atoms with E-state index in [1.807, 2.05) is 6.07 Å². The highest BCUT2D eigenvalue weighted by Crippen LogP contribution is 2.16. The molecule has 2 rings (SSSR count). The maximum atomic E-state index is 11.7. The van der Waals surface area contributed by atoms with Crippen LogP contribution in [0, 0.1) is 11.3 Å². The third-order valence-electron chi connectivity index (χ3n) is 2.66. The number of imide groups is 1. The molecule has 0 bridgehead atoms. The SMILES string of the molecule is N#Cc1ccccc1OCC(=O)NC(=O)c1ccccc1. The van der Waals surface area contributed by atoms with Crippen LogP contribution in [0.3, 0.4) is 0 Å². The van der Waals surface area contributed by atoms with E-state index in [4.69, 9.17) is 10.00 Å². The van der Waals surface area contributed by atoms with Gasteiger partial charge < -0.3 is 4.74 Å². The number of carbonyl (C=O) groups excluding carboxylic acids is 2. The second-order valence-electron chi connectivity index (χ2n) is 4.14. The van der Waals surface area contributed by atoms with Crippen molar-refractivity contribution in [1.82, 2.24) is 5.32 Å². The molecule has 2 amide bonds. The molecule has 5 heteroatoms. The molecule has 0 spiro atoms. The predicted octanol–water partition coefficient (Wildman–Crippen LogP) is 1.89. The Balaban J connectivity index is 1.91. The number of nitrogens with zero attached hydrogens (tertiary/aromatic N) is 1. The number of nitrogens with one attached hydrogen (secondary N) is 1. The predicted molar refractivity (Wildman–Crippen MR) is 75.6 cm³/mol. The zero-order chi connectivity index (χ0) is 15.1. The van der Waals surface area contributed by atoms with Gasteiger partial charge in [-0.2, -0.15) is 5.26 Å². The topological polar surface area (TPSA) is 79.2 Å². The van der Waals surface area contributed by atoms with Crippen molar-refractivity contribution in [1.29, 1.82) is 5.26 Å². The van der Waals surface area contributed by atoms with Crippen molar-refractivity contribution in [2.24, 2.45) is 0 Å². The highest BCUT2D eigenvalue weighted by atomic mass is 16.5. The normalized spacial score (nSPS) is 9.48. The third kappa shape index (κ3) is 3.91. The Kier molecular flexibility index (Phi) is 4.67. The summed E-state index contributed by atoms with van der Waals surface area (Å²) in [5.74, 6) is -0.753. The molecule has 2 aromatic carbocycles. The molecule has 0 fully saturated rings. The van der Waals surface area contributed by atoms with Crippen LogP contribution in [0.25, 0.3) is 0 Å². The van der Waals surface area contributed by atoms with Crippen LogP contribution >= 0.6 is 0 Å². The molecule has 0 aliphatic heterocycles. The maximum Gasteiger partial charge on any atom is 0.264 e. The Morgan fingerprint density at radius 3 is 2.43 bits per heavy atom. The number of hydrogen-bond donors (Lipinski definition) is 1. The van der Waals surface area contributed by atoms with Crippen molar-refractivity contribution in [2.75, 3.05) is 6.61 Å². The fraction of sp³-hybridized carbons (Fsp3) is 0.0625. The van der Waals surface area contributed by atoms with Gasteiger partial charge in [-0.25, -0.2) is 0 Å². The van der Waals surface area contributed by atoms with Crippen molar-refractivity contribution in [3.63, 3.8) is 0 Å². The van der Waals surface area contributed by atoms with Gasteiger partial charge in [0.1, 0.15) is 11.8 Å². The highest BCUT2D eigenvalue weighted by Gasteiger charge is 2.11. The average molecular weight is 280 g/mol. The van der Waals surface area contributed by atoms with Crippen LogP contribution in [0.1, 0.15) is 15.9 Å². The summed E-state index contributed by atoms with van der Waals surface area (Å²) in [6.07, 6.45) is 0. The molecule has 1 N–H and O–H groups in total. The van der Waals surface area contributed by atoms with Crippen molar-refractivity contribution in [3.05, 3.63) is 65.7 Å². The van der Waals surface area contributed by atoms with Crippen LogP contribution in [0.15, 0.2) is 54.6 Å². The molecule has 0 radical (unpaired) electrons. The minimum Gasteiger partial charge on any atom is -0.482 e. The third-order valence-corrected chi connectivity index (χ3v) is 2.66. The molecule has 104 valence electrons. The maximum absolute atomic E-state index is 11.7. The molecular weight excluding hydrogens is 268 g/mol. The van der Waals surface area contributed by atoms with Gasteiger partial charge in [-0.3, -0.25) is 14.9 Å². The summed E-state index contributed by atoms with van der Waals surface area (Å²) < 4.78 is 5.24. The highest BCUT2D eigenvalue weighted by molar-refractivity contribution is 6.05. The first kappa shape index (κ1) is 14.3. The average Bonchev–Trinajstić information content (AvgIpc) is 2.54. The number of hydrogen-bond acceptors (Lipinski definition) is 4. The quantitative estimate of drug-likeness (QED) is 0.927. The molecule has 0 heterocycles. The van der Waals surface area contributed by atoms with Crippen molar-refractivity contribution < 1.29 is 14.3 Å². The van der Waals surface area contributed by atoms with Gasteiger partial charge in [0.25, 0.3) is 11.8 Å². The first-order valence-corrected chi connectivity index (χ1v) is 6.22. The van der Waals surface area contributed by atoms with Crippen LogP contribution in [-0.2, 0) is 4.79 Å². The smallest absolute Gasteiger partial charge is 0.264 e. The first-order chi connectivity index (χ1) is 10.2. The van der Waals surface area contributed by atoms with Crippen LogP contribution in [0.5, 0.6) is 5.75 Å². The molecule has 0 saturated heterocycles. The summed E-state index contributed by atoms with van der Waals surface area (Å²) in [4.78, 5) is 23.4. The Bertz CT molecular complexity index is 690. The van der Waals surface area contributed by atoms with Crippen LogP contribution in [0.4, 0.5) is 0 Å². The van der Waals surface area contributed by atoms with E-state index in [0.29, 0.717) is 16.9 Å². The number of rotatable bonds is 4. The van der Waals surface area contributed by atoms with Gasteiger partial charge in [-0.05, 0) is 24.3 Å². The number of carbonyl (C=O) groups is 2. The van der Waals surface area contributed by atoms with Gasteiger partial charge in [0, 0.05) is 5.56 Å². The number of nitriles is 1. The Morgan fingerprint density at radius 1 is 1.05 bits per heavy atom. The summed E-state index contributed by atoms with van der Waals surface area (Å²) in [5, 5.41) is 11.1. The number of amides is 2. The van der Waals surface area contributed by atoms with Crippen LogP contribution in [0.2, 0.25) is 0 Å². The summed E-state index contributed by atoms with van der Waals surface area (Å²) in [7, 11) is 0. The summed E-state index contributed by atoms with van der Waals surface area (Å²) in [6.45, 7) is -0.336. The standard InChI is InChI=1S/C16H12N2O3/c17-10-13-8-4-5-9-14(13)21-11-15(19)18-16(20)12-6-2-1-3-7-12/h1-9H,11H2,(H,18,19,20). The fourth-order valence-corrected chi connectivity index (χ4v) is 1.65. The number of ether oxygens (including phenoxy) is 1. The lowest BCUT2D eigenvalue weighted by atomic mass is 10.2. The van der Waals surface area contributed by atoms with Gasteiger partial charge >= 0.3 is 0 Å². The lowest BCUT2D eigenvalue weighted by Gasteiger charge is -2.07. The second-order valence-corrected chi connectivity index (χ2v) is 4.14. The first-order valence-electron chi connectivity index (χ1n) is 6.22. The number of benzene rings is 2. The lowest BCUT2D eigenvalue weighted by Crippen LogP contribution is -2.34. The second kappa shape index (κ2) is 6.87. The van der Waals surface area contributed by atoms with E-state index in [9.17, 15) is 9.59 Å². The van der Waals surface area contributed by atoms with Crippen molar-refractivity contribution in [3.8, 4) is 11.8 Å². The van der Waals surface area contributed by atoms with Crippen molar-refractivity contribution in [2.45, 2.75) is 0 Å². The van der Waals surface area contributed by atoms with E-state index in [1.165, 1.54) is 0 Å². The fourth-order valence-electron chi connectivity index (χ4n) is 1.65. The molecule has 0 aliphatic carbocycles. The van der Waals surface area contributed by atoms with Crippen molar-refractivity contribution >= 4 is 11.8 Å². The van der Waals surface area contributed by atoms with Crippen LogP contribution in [-0.4, -0.2) is 18.4 Å². The van der Waals surface area contributed by atoms with Crippen LogP contribution < -0.4 is 10.1 Å². The lowest BCUT2D eigenvalue weighted by molar-refractivity contribution is -0.122. The van der Waals surface area contributed by atoms with Gasteiger partial charge in [0.15, 0.2) is 6.61 Å². The number of para-hydroxylation sites is 1. The molecular formula is C16H12N2O3. The molecule has 2 aromatic rings. The van der Waals surface area contributed by atoms with Gasteiger partial charge in [0.05, 0.1) is 5.56 Å². The largest absolute Gasteiger partial charge is 0.482 e. The van der Waals surface area contributed by atoms with E-state index in [2.05, 4.69) is 5.32 Å². The van der Waals surface area contributed by atoms with Gasteiger partial charge in [-0.15, -0.1) is 0 Å². The molecule has 0 aromatic heterocycles.